The fourth-order valence-corrected chi connectivity index (χ4v) is 5.20. The Morgan fingerprint density at radius 2 is 1.76 bits per heavy atom. The number of hydrogen-bond donors (Lipinski definition) is 4. The molecule has 0 spiro atoms. The molecule has 5 rings (SSSR count). The van der Waals surface area contributed by atoms with Gasteiger partial charge in [0.15, 0.2) is 5.88 Å². The lowest BCUT2D eigenvalue weighted by Gasteiger charge is -2.30. The number of aliphatic imine (C=N–C) groups is 1. The SMILES string of the molecule is COC1CCN(CCONC(=O)c2ccc(N=C(c3ccccc3)c3c(O)[nH]c4cc(C(=O)O)c(C)cc34)cc2)CC1. The first-order valence-corrected chi connectivity index (χ1v) is 13.8. The van der Waals surface area contributed by atoms with Crippen molar-refractivity contribution in [3.05, 3.63) is 94.5 Å². The standard InChI is InChI=1S/C32H34N4O6/c1-20-18-26-27(19-25(20)32(39)40)34-31(38)28(26)29(21-6-4-3-5-7-21)33-23-10-8-22(9-11-23)30(37)35-42-17-16-36-14-12-24(41-2)13-15-36/h3-11,18-19,24,34,38H,12-17H2,1-2H3,(H,35,37)(H,39,40). The molecule has 218 valence electrons. The number of aromatic hydroxyl groups is 1. The number of nitrogens with one attached hydrogen (secondary N) is 2. The number of carbonyl (C=O) groups excluding carboxylic acids is 1. The van der Waals surface area contributed by atoms with E-state index >= 15 is 0 Å². The fourth-order valence-electron chi connectivity index (χ4n) is 5.20. The molecule has 0 saturated carbocycles. The highest BCUT2D eigenvalue weighted by molar-refractivity contribution is 6.22. The number of ether oxygens (including phenoxy) is 1. The molecule has 1 fully saturated rings. The third-order valence-electron chi connectivity index (χ3n) is 7.55. The first-order valence-electron chi connectivity index (χ1n) is 13.8. The van der Waals surface area contributed by atoms with E-state index in [1.165, 1.54) is 6.07 Å². The maximum absolute atomic E-state index is 12.6. The van der Waals surface area contributed by atoms with Crippen LogP contribution < -0.4 is 5.48 Å². The van der Waals surface area contributed by atoms with Gasteiger partial charge < -0.3 is 24.8 Å². The molecule has 3 aromatic carbocycles. The summed E-state index contributed by atoms with van der Waals surface area (Å²) in [7, 11) is 1.75. The van der Waals surface area contributed by atoms with Crippen LogP contribution in [0.3, 0.4) is 0 Å². The highest BCUT2D eigenvalue weighted by Crippen LogP contribution is 2.33. The normalized spacial score (nSPS) is 14.8. The van der Waals surface area contributed by atoms with E-state index in [4.69, 9.17) is 14.6 Å². The van der Waals surface area contributed by atoms with Crippen molar-refractivity contribution in [1.29, 1.82) is 0 Å². The van der Waals surface area contributed by atoms with Gasteiger partial charge in [-0.1, -0.05) is 30.3 Å². The Morgan fingerprint density at radius 3 is 2.43 bits per heavy atom. The molecular weight excluding hydrogens is 536 g/mol. The summed E-state index contributed by atoms with van der Waals surface area (Å²) in [5.74, 6) is -1.52. The molecule has 0 unspecified atom stereocenters. The molecule has 2 heterocycles. The Kier molecular flexibility index (Phi) is 8.97. The minimum atomic E-state index is -1.04. The minimum Gasteiger partial charge on any atom is -0.494 e. The van der Waals surface area contributed by atoms with Gasteiger partial charge in [-0.2, -0.15) is 0 Å². The third kappa shape index (κ3) is 6.52. The Bertz CT molecular complexity index is 1590. The molecule has 1 aliphatic heterocycles. The number of aromatic nitrogens is 1. The molecule has 42 heavy (non-hydrogen) atoms. The Balaban J connectivity index is 1.33. The van der Waals surface area contributed by atoms with Crippen LogP contribution in [0.1, 0.15) is 50.2 Å². The molecular formula is C32H34N4O6. The van der Waals surface area contributed by atoms with Gasteiger partial charge in [-0.15, -0.1) is 0 Å². The van der Waals surface area contributed by atoms with E-state index in [0.29, 0.717) is 51.7 Å². The van der Waals surface area contributed by atoms with Gasteiger partial charge in [0.2, 0.25) is 0 Å². The second kappa shape index (κ2) is 13.0. The van der Waals surface area contributed by atoms with E-state index in [9.17, 15) is 19.8 Å². The van der Waals surface area contributed by atoms with Crippen molar-refractivity contribution >= 4 is 34.2 Å². The van der Waals surface area contributed by atoms with Crippen molar-refractivity contribution < 1.29 is 29.4 Å². The number of H-pyrrole nitrogens is 1. The molecule has 10 nitrogen and oxygen atoms in total. The third-order valence-corrected chi connectivity index (χ3v) is 7.55. The number of aryl methyl sites for hydroxylation is 1. The van der Waals surface area contributed by atoms with E-state index in [-0.39, 0.29) is 17.4 Å². The van der Waals surface area contributed by atoms with Gasteiger partial charge in [0.1, 0.15) is 0 Å². The van der Waals surface area contributed by atoms with Gasteiger partial charge in [-0.05, 0) is 61.7 Å². The average Bonchev–Trinajstić information content (AvgIpc) is 3.32. The average molecular weight is 571 g/mol. The number of methoxy groups -OCH3 is 1. The number of hydroxylamine groups is 1. The zero-order chi connectivity index (χ0) is 29.6. The quantitative estimate of drug-likeness (QED) is 0.122. The number of carboxylic acids is 1. The number of piperidine rings is 1. The fraction of sp³-hybridized carbons (Fsp3) is 0.281. The zero-order valence-corrected chi connectivity index (χ0v) is 23.6. The molecule has 0 aliphatic carbocycles. The lowest BCUT2D eigenvalue weighted by atomic mass is 9.98. The summed E-state index contributed by atoms with van der Waals surface area (Å²) in [6.07, 6.45) is 2.31. The van der Waals surface area contributed by atoms with Crippen LogP contribution >= 0.6 is 0 Å². The minimum absolute atomic E-state index is 0.120. The number of rotatable bonds is 10. The topological polar surface area (TPSA) is 136 Å². The highest BCUT2D eigenvalue weighted by Gasteiger charge is 2.21. The Labute approximate surface area is 243 Å². The Hall–Kier alpha value is -4.51. The predicted octanol–water partition coefficient (Wildman–Crippen LogP) is 4.82. The number of aromatic carboxylic acids is 1. The van der Waals surface area contributed by atoms with Crippen LogP contribution in [0.4, 0.5) is 5.69 Å². The van der Waals surface area contributed by atoms with E-state index in [1.807, 2.05) is 30.3 Å². The number of carboxylic acid groups (broad SMARTS) is 1. The molecule has 4 N–H and O–H groups in total. The van der Waals surface area contributed by atoms with E-state index in [0.717, 1.165) is 38.0 Å². The van der Waals surface area contributed by atoms with E-state index in [2.05, 4.69) is 15.4 Å². The van der Waals surface area contributed by atoms with Crippen LogP contribution in [-0.4, -0.2) is 77.1 Å². The maximum atomic E-state index is 12.6. The number of carbonyl (C=O) groups is 2. The van der Waals surface area contributed by atoms with Crippen molar-refractivity contribution in [3.63, 3.8) is 0 Å². The summed E-state index contributed by atoms with van der Waals surface area (Å²) in [6.45, 7) is 4.72. The summed E-state index contributed by atoms with van der Waals surface area (Å²) in [5.41, 5.74) is 6.41. The molecule has 1 aliphatic rings. The first kappa shape index (κ1) is 29.0. The number of benzene rings is 3. The number of hydrogen-bond acceptors (Lipinski definition) is 7. The molecule has 10 heteroatoms. The van der Waals surface area contributed by atoms with Crippen molar-refractivity contribution in [2.45, 2.75) is 25.9 Å². The lowest BCUT2D eigenvalue weighted by molar-refractivity contribution is 0.00586. The summed E-state index contributed by atoms with van der Waals surface area (Å²) in [4.78, 5) is 39.7. The maximum Gasteiger partial charge on any atom is 0.336 e. The molecule has 1 aromatic heterocycles. The van der Waals surface area contributed by atoms with Crippen molar-refractivity contribution in [1.82, 2.24) is 15.4 Å². The number of likely N-dealkylation sites (tertiary alicyclic amines) is 1. The molecule has 4 aromatic rings. The zero-order valence-electron chi connectivity index (χ0n) is 23.6. The molecule has 1 amide bonds. The van der Waals surface area contributed by atoms with Gasteiger partial charge in [0.25, 0.3) is 5.91 Å². The van der Waals surface area contributed by atoms with E-state index < -0.39 is 5.97 Å². The van der Waals surface area contributed by atoms with Gasteiger partial charge in [-0.25, -0.2) is 15.3 Å². The summed E-state index contributed by atoms with van der Waals surface area (Å²) in [5, 5.41) is 21.1. The van der Waals surface area contributed by atoms with Gasteiger partial charge in [0.05, 0.1) is 35.2 Å². The Morgan fingerprint density at radius 1 is 1.05 bits per heavy atom. The smallest absolute Gasteiger partial charge is 0.336 e. The van der Waals surface area contributed by atoms with Crippen LogP contribution in [-0.2, 0) is 9.57 Å². The van der Waals surface area contributed by atoms with Crippen molar-refractivity contribution in [2.75, 3.05) is 33.4 Å². The second-order valence-electron chi connectivity index (χ2n) is 10.3. The molecule has 0 atom stereocenters. The first-order chi connectivity index (χ1) is 20.3. The van der Waals surface area contributed by atoms with Gasteiger partial charge in [-0.3, -0.25) is 9.63 Å². The monoisotopic (exact) mass is 570 g/mol. The highest BCUT2D eigenvalue weighted by atomic mass is 16.7. The molecule has 0 radical (unpaired) electrons. The van der Waals surface area contributed by atoms with Crippen molar-refractivity contribution in [3.8, 4) is 5.88 Å². The van der Waals surface area contributed by atoms with E-state index in [1.54, 1.807) is 44.4 Å². The van der Waals surface area contributed by atoms with Crippen molar-refractivity contribution in [2.24, 2.45) is 4.99 Å². The lowest BCUT2D eigenvalue weighted by Crippen LogP contribution is -2.39. The number of fused-ring (bicyclic) bond motifs is 1. The van der Waals surface area contributed by atoms with Crippen LogP contribution in [0, 0.1) is 6.92 Å². The van der Waals surface area contributed by atoms with Crippen LogP contribution in [0.5, 0.6) is 5.88 Å². The largest absolute Gasteiger partial charge is 0.494 e. The second-order valence-corrected chi connectivity index (χ2v) is 10.3. The summed E-state index contributed by atoms with van der Waals surface area (Å²) < 4.78 is 5.40. The van der Waals surface area contributed by atoms with Crippen LogP contribution in [0.25, 0.3) is 10.9 Å². The summed E-state index contributed by atoms with van der Waals surface area (Å²) >= 11 is 0. The summed E-state index contributed by atoms with van der Waals surface area (Å²) in [6, 6.07) is 19.4. The van der Waals surface area contributed by atoms with Gasteiger partial charge in [0, 0.05) is 48.8 Å². The van der Waals surface area contributed by atoms with Crippen LogP contribution in [0.15, 0.2) is 71.7 Å². The molecule has 1 saturated heterocycles. The van der Waals surface area contributed by atoms with Crippen LogP contribution in [0.2, 0.25) is 0 Å². The number of aromatic amines is 1. The number of amides is 1. The number of nitrogens with zero attached hydrogens (tertiary/aromatic N) is 2. The van der Waals surface area contributed by atoms with Gasteiger partial charge >= 0.3 is 5.97 Å². The molecule has 0 bridgehead atoms. The predicted molar refractivity (Wildman–Crippen MR) is 160 cm³/mol.